The minimum Gasteiger partial charge on any atom is -0.271 e. The Labute approximate surface area is 108 Å². The first kappa shape index (κ1) is 15.0. The average molecular weight is 240 g/mol. The minimum absolute atomic E-state index is 0.436. The summed E-state index contributed by atoms with van der Waals surface area (Å²) in [6.07, 6.45) is 9.49. The van der Waals surface area contributed by atoms with Gasteiger partial charge in [-0.2, -0.15) is 0 Å². The number of nitrogens with one attached hydrogen (secondary N) is 1. The summed E-state index contributed by atoms with van der Waals surface area (Å²) in [6.45, 7) is 9.36. The van der Waals surface area contributed by atoms with Gasteiger partial charge in [0.25, 0.3) is 0 Å². The van der Waals surface area contributed by atoms with Gasteiger partial charge in [0.05, 0.1) is 0 Å². The lowest BCUT2D eigenvalue weighted by molar-refractivity contribution is 0.212. The highest BCUT2D eigenvalue weighted by molar-refractivity contribution is 4.80. The zero-order valence-corrected chi connectivity index (χ0v) is 12.3. The highest BCUT2D eigenvalue weighted by atomic mass is 15.2. The first-order chi connectivity index (χ1) is 7.92. The number of rotatable bonds is 5. The van der Waals surface area contributed by atoms with Gasteiger partial charge in [0.2, 0.25) is 0 Å². The molecular weight excluding hydrogens is 208 g/mol. The van der Waals surface area contributed by atoms with Crippen LogP contribution in [-0.2, 0) is 0 Å². The van der Waals surface area contributed by atoms with Crippen LogP contribution in [0.15, 0.2) is 0 Å². The first-order valence-electron chi connectivity index (χ1n) is 7.38. The van der Waals surface area contributed by atoms with E-state index in [0.717, 1.165) is 11.8 Å². The van der Waals surface area contributed by atoms with Crippen molar-refractivity contribution in [2.75, 3.05) is 0 Å². The van der Waals surface area contributed by atoms with Gasteiger partial charge in [0.15, 0.2) is 0 Å². The van der Waals surface area contributed by atoms with E-state index >= 15 is 0 Å². The summed E-state index contributed by atoms with van der Waals surface area (Å²) in [5, 5.41) is 0. The Kier molecular flexibility index (Phi) is 5.94. The molecule has 0 radical (unpaired) electrons. The van der Waals surface area contributed by atoms with Crippen LogP contribution in [0, 0.1) is 17.3 Å². The number of hydrogen-bond acceptors (Lipinski definition) is 2. The van der Waals surface area contributed by atoms with Gasteiger partial charge in [-0.25, -0.2) is 0 Å². The lowest BCUT2D eigenvalue weighted by Crippen LogP contribution is -2.43. The number of hydrogen-bond donors (Lipinski definition) is 2. The molecule has 1 aliphatic rings. The van der Waals surface area contributed by atoms with Gasteiger partial charge >= 0.3 is 0 Å². The molecule has 0 amide bonds. The molecule has 1 saturated carbocycles. The predicted molar refractivity (Wildman–Crippen MR) is 75.5 cm³/mol. The summed E-state index contributed by atoms with van der Waals surface area (Å²) in [4.78, 5) is 0. The van der Waals surface area contributed by atoms with E-state index in [-0.39, 0.29) is 0 Å². The Balaban J connectivity index is 2.39. The fraction of sp³-hybridized carbons (Fsp3) is 1.00. The van der Waals surface area contributed by atoms with E-state index in [4.69, 9.17) is 5.84 Å². The Morgan fingerprint density at radius 3 is 2.24 bits per heavy atom. The van der Waals surface area contributed by atoms with Gasteiger partial charge in [-0.3, -0.25) is 11.3 Å². The first-order valence-corrected chi connectivity index (χ1v) is 7.38. The molecule has 2 unspecified atom stereocenters. The van der Waals surface area contributed by atoms with Crippen molar-refractivity contribution in [2.24, 2.45) is 23.1 Å². The second-order valence-corrected chi connectivity index (χ2v) is 7.28. The number of nitrogens with two attached hydrogens (primary N) is 1. The molecule has 0 saturated heterocycles. The Bertz CT molecular complexity index is 201. The summed E-state index contributed by atoms with van der Waals surface area (Å²) in [5.41, 5.74) is 3.52. The molecule has 1 fully saturated rings. The zero-order valence-electron chi connectivity index (χ0n) is 12.3. The third-order valence-electron chi connectivity index (χ3n) is 4.05. The van der Waals surface area contributed by atoms with Gasteiger partial charge in [-0.1, -0.05) is 47.0 Å². The number of hydrazine groups is 1. The van der Waals surface area contributed by atoms with Crippen molar-refractivity contribution in [3.8, 4) is 0 Å². The van der Waals surface area contributed by atoms with Crippen LogP contribution in [0.1, 0.15) is 72.6 Å². The van der Waals surface area contributed by atoms with Gasteiger partial charge in [-0.05, 0) is 42.9 Å². The van der Waals surface area contributed by atoms with Crippen molar-refractivity contribution < 1.29 is 0 Å². The van der Waals surface area contributed by atoms with Gasteiger partial charge in [-0.15, -0.1) is 0 Å². The van der Waals surface area contributed by atoms with Crippen LogP contribution < -0.4 is 11.3 Å². The van der Waals surface area contributed by atoms with Crippen LogP contribution in [0.4, 0.5) is 0 Å². The topological polar surface area (TPSA) is 38.0 Å². The van der Waals surface area contributed by atoms with E-state index in [1.165, 1.54) is 44.9 Å². The molecule has 102 valence electrons. The molecule has 1 aliphatic carbocycles. The Morgan fingerprint density at radius 1 is 1.18 bits per heavy atom. The molecule has 2 nitrogen and oxygen atoms in total. The minimum atomic E-state index is 0.436. The maximum atomic E-state index is 5.77. The second kappa shape index (κ2) is 6.75. The summed E-state index contributed by atoms with van der Waals surface area (Å²) < 4.78 is 0. The van der Waals surface area contributed by atoms with Gasteiger partial charge < -0.3 is 0 Å². The molecule has 0 heterocycles. The van der Waals surface area contributed by atoms with Crippen molar-refractivity contribution in [1.29, 1.82) is 0 Å². The smallest absolute Gasteiger partial charge is 0.0241 e. The molecular formula is C15H32N2. The third kappa shape index (κ3) is 5.87. The maximum absolute atomic E-state index is 5.77. The van der Waals surface area contributed by atoms with Crippen LogP contribution in [0.2, 0.25) is 0 Å². The fourth-order valence-corrected chi connectivity index (χ4v) is 3.50. The predicted octanol–water partition coefficient (Wildman–Crippen LogP) is 3.86. The second-order valence-electron chi connectivity index (χ2n) is 7.28. The van der Waals surface area contributed by atoms with Gasteiger partial charge in [0, 0.05) is 6.04 Å². The van der Waals surface area contributed by atoms with Crippen molar-refractivity contribution in [3.05, 3.63) is 0 Å². The van der Waals surface area contributed by atoms with E-state index in [1.54, 1.807) is 0 Å². The molecule has 0 bridgehead atoms. The summed E-state index contributed by atoms with van der Waals surface area (Å²) in [6, 6.07) is 0.535. The van der Waals surface area contributed by atoms with Crippen molar-refractivity contribution >= 4 is 0 Å². The lowest BCUT2D eigenvalue weighted by atomic mass is 9.77. The monoisotopic (exact) mass is 240 g/mol. The van der Waals surface area contributed by atoms with Crippen LogP contribution >= 0.6 is 0 Å². The molecule has 0 aromatic rings. The molecule has 0 aromatic heterocycles. The van der Waals surface area contributed by atoms with Crippen LogP contribution in [0.25, 0.3) is 0 Å². The molecule has 0 spiro atoms. The highest BCUT2D eigenvalue weighted by Crippen LogP contribution is 2.32. The van der Waals surface area contributed by atoms with E-state index in [1.807, 2.05) is 0 Å². The Morgan fingerprint density at radius 2 is 1.76 bits per heavy atom. The third-order valence-corrected chi connectivity index (χ3v) is 4.05. The molecule has 17 heavy (non-hydrogen) atoms. The molecule has 2 heteroatoms. The van der Waals surface area contributed by atoms with Crippen molar-refractivity contribution in [3.63, 3.8) is 0 Å². The van der Waals surface area contributed by atoms with Crippen LogP contribution in [0.3, 0.4) is 0 Å². The van der Waals surface area contributed by atoms with E-state index in [2.05, 4.69) is 33.1 Å². The van der Waals surface area contributed by atoms with Crippen molar-refractivity contribution in [2.45, 2.75) is 78.7 Å². The van der Waals surface area contributed by atoms with E-state index < -0.39 is 0 Å². The summed E-state index contributed by atoms with van der Waals surface area (Å²) in [5.74, 6) is 7.34. The SMILES string of the molecule is CC(CC(NN)C1CCCCC1)CC(C)(C)C. The van der Waals surface area contributed by atoms with Crippen LogP contribution in [0.5, 0.6) is 0 Å². The van der Waals surface area contributed by atoms with E-state index in [0.29, 0.717) is 11.5 Å². The maximum Gasteiger partial charge on any atom is 0.0241 e. The molecule has 2 atom stereocenters. The van der Waals surface area contributed by atoms with Gasteiger partial charge in [0.1, 0.15) is 0 Å². The lowest BCUT2D eigenvalue weighted by Gasteiger charge is -2.33. The molecule has 1 rings (SSSR count). The average Bonchev–Trinajstić information content (AvgIpc) is 2.24. The fourth-order valence-electron chi connectivity index (χ4n) is 3.50. The van der Waals surface area contributed by atoms with E-state index in [9.17, 15) is 0 Å². The molecule has 0 aliphatic heterocycles. The standard InChI is InChI=1S/C15H32N2/c1-12(11-15(2,3)4)10-14(17-16)13-8-6-5-7-9-13/h12-14,17H,5-11,16H2,1-4H3. The highest BCUT2D eigenvalue weighted by Gasteiger charge is 2.25. The quantitative estimate of drug-likeness (QED) is 0.565. The Hall–Kier alpha value is -0.0800. The van der Waals surface area contributed by atoms with Crippen molar-refractivity contribution in [1.82, 2.24) is 5.43 Å². The largest absolute Gasteiger partial charge is 0.271 e. The summed E-state index contributed by atoms with van der Waals surface area (Å²) >= 11 is 0. The zero-order chi connectivity index (χ0) is 12.9. The van der Waals surface area contributed by atoms with Crippen LogP contribution in [-0.4, -0.2) is 6.04 Å². The normalized spacial score (nSPS) is 22.4. The molecule has 0 aromatic carbocycles. The summed E-state index contributed by atoms with van der Waals surface area (Å²) in [7, 11) is 0. The molecule has 3 N–H and O–H groups in total.